The van der Waals surface area contributed by atoms with E-state index < -0.39 is 0 Å². The second-order valence-electron chi connectivity index (χ2n) is 3.54. The lowest BCUT2D eigenvalue weighted by atomic mass is 9.88. The number of thiazole rings is 1. The monoisotopic (exact) mass is 213 g/mol. The Morgan fingerprint density at radius 3 is 1.86 bits per heavy atom. The molecule has 0 aromatic carbocycles. The van der Waals surface area contributed by atoms with Crippen molar-refractivity contribution >= 4 is 11.3 Å². The van der Waals surface area contributed by atoms with Crippen molar-refractivity contribution in [3.63, 3.8) is 0 Å². The number of aryl methyl sites for hydroxylation is 2. The van der Waals surface area contributed by atoms with Gasteiger partial charge in [0, 0.05) is 11.1 Å². The molecule has 1 aliphatic rings. The maximum Gasteiger partial charge on any atom is 0.0897 e. The van der Waals surface area contributed by atoms with Gasteiger partial charge in [-0.15, -0.1) is 11.3 Å². The fourth-order valence-corrected chi connectivity index (χ4v) is 1.67. The minimum absolute atomic E-state index is 1.06. The van der Waals surface area contributed by atoms with Gasteiger partial charge in [0.1, 0.15) is 0 Å². The highest BCUT2D eigenvalue weighted by Crippen LogP contribution is 2.24. The van der Waals surface area contributed by atoms with E-state index in [9.17, 15) is 0 Å². The maximum atomic E-state index is 4.13. The number of hydrogen-bond donors (Lipinski definition) is 0. The van der Waals surface area contributed by atoms with Crippen LogP contribution in [0.2, 0.25) is 0 Å². The Kier molecular flexibility index (Phi) is 7.77. The average molecular weight is 213 g/mol. The summed E-state index contributed by atoms with van der Waals surface area (Å²) >= 11 is 1.69. The van der Waals surface area contributed by atoms with E-state index in [0.29, 0.717) is 0 Å². The molecule has 1 fully saturated rings. The summed E-state index contributed by atoms with van der Waals surface area (Å²) in [7, 11) is 0. The second kappa shape index (κ2) is 7.98. The van der Waals surface area contributed by atoms with E-state index in [0.717, 1.165) is 16.6 Å². The van der Waals surface area contributed by atoms with Gasteiger partial charge in [-0.2, -0.15) is 0 Å². The first-order valence-corrected chi connectivity index (χ1v) is 6.45. The minimum atomic E-state index is 1.06. The van der Waals surface area contributed by atoms with E-state index in [1.165, 1.54) is 19.3 Å². The largest absolute Gasteiger partial charge is 0.247 e. The van der Waals surface area contributed by atoms with E-state index in [4.69, 9.17) is 0 Å². The van der Waals surface area contributed by atoms with Crippen LogP contribution in [0.3, 0.4) is 0 Å². The third kappa shape index (κ3) is 6.14. The van der Waals surface area contributed by atoms with Gasteiger partial charge in [-0.05, 0) is 19.8 Å². The summed E-state index contributed by atoms with van der Waals surface area (Å²) in [5, 5.41) is 3.20. The van der Waals surface area contributed by atoms with Crippen LogP contribution in [0.25, 0.3) is 0 Å². The van der Waals surface area contributed by atoms with Gasteiger partial charge in [0.05, 0.1) is 5.01 Å². The highest BCUT2D eigenvalue weighted by atomic mass is 32.1. The number of aromatic nitrogens is 1. The summed E-state index contributed by atoms with van der Waals surface area (Å²) in [5.74, 6) is 1.06. The molecule has 1 heterocycles. The maximum absolute atomic E-state index is 4.13. The van der Waals surface area contributed by atoms with E-state index >= 15 is 0 Å². The van der Waals surface area contributed by atoms with Crippen LogP contribution >= 0.6 is 11.3 Å². The molecule has 0 N–H and O–H groups in total. The summed E-state index contributed by atoms with van der Waals surface area (Å²) in [6.07, 6.45) is 4.46. The molecule has 1 nitrogen and oxygen atoms in total. The standard InChI is InChI=1S/C5H7NS.C5H10.C2H6/c1-4-3-7-5(2)6-4;1-5-3-2-4-5;1-2/h3H,1-2H3;5H,2-4H2,1H3;1-2H3. The molecular weight excluding hydrogens is 190 g/mol. The normalized spacial score (nSPS) is 14.4. The highest BCUT2D eigenvalue weighted by Gasteiger charge is 2.09. The third-order valence-corrected chi connectivity index (χ3v) is 3.02. The van der Waals surface area contributed by atoms with Crippen LogP contribution in [0.15, 0.2) is 5.38 Å². The van der Waals surface area contributed by atoms with Gasteiger partial charge in [-0.25, -0.2) is 4.98 Å². The molecule has 14 heavy (non-hydrogen) atoms. The minimum Gasteiger partial charge on any atom is -0.247 e. The molecule has 2 rings (SSSR count). The summed E-state index contributed by atoms with van der Waals surface area (Å²) in [5.41, 5.74) is 1.13. The van der Waals surface area contributed by atoms with Crippen LogP contribution in [0, 0.1) is 19.8 Å². The fraction of sp³-hybridized carbons (Fsp3) is 0.750. The molecule has 0 unspecified atom stereocenters. The summed E-state index contributed by atoms with van der Waals surface area (Å²) in [6.45, 7) is 10.3. The zero-order valence-electron chi connectivity index (χ0n) is 10.1. The summed E-state index contributed by atoms with van der Waals surface area (Å²) in [4.78, 5) is 4.13. The van der Waals surface area contributed by atoms with Crippen molar-refractivity contribution in [2.24, 2.45) is 5.92 Å². The van der Waals surface area contributed by atoms with Gasteiger partial charge in [-0.3, -0.25) is 0 Å². The van der Waals surface area contributed by atoms with Gasteiger partial charge < -0.3 is 0 Å². The molecule has 1 saturated carbocycles. The van der Waals surface area contributed by atoms with Crippen molar-refractivity contribution in [2.75, 3.05) is 0 Å². The van der Waals surface area contributed by atoms with Crippen LogP contribution in [0.4, 0.5) is 0 Å². The lowest BCUT2D eigenvalue weighted by molar-refractivity contribution is 0.346. The first-order chi connectivity index (χ1) is 6.68. The molecular formula is C12H23NS. The summed E-state index contributed by atoms with van der Waals surface area (Å²) in [6, 6.07) is 0. The van der Waals surface area contributed by atoms with Crippen molar-refractivity contribution < 1.29 is 0 Å². The van der Waals surface area contributed by atoms with Crippen molar-refractivity contribution in [1.82, 2.24) is 4.98 Å². The van der Waals surface area contributed by atoms with Crippen LogP contribution in [-0.2, 0) is 0 Å². The van der Waals surface area contributed by atoms with Crippen LogP contribution in [0.1, 0.15) is 50.7 Å². The smallest absolute Gasteiger partial charge is 0.0897 e. The quantitative estimate of drug-likeness (QED) is 0.614. The molecule has 1 aromatic rings. The number of rotatable bonds is 0. The third-order valence-electron chi connectivity index (χ3n) is 2.13. The molecule has 0 aliphatic heterocycles. The Hall–Kier alpha value is -0.370. The average Bonchev–Trinajstić information content (AvgIpc) is 2.51. The summed E-state index contributed by atoms with van der Waals surface area (Å²) < 4.78 is 0. The zero-order chi connectivity index (χ0) is 11.0. The Labute approximate surface area is 92.6 Å². The molecule has 0 saturated heterocycles. The predicted octanol–water partition coefficient (Wildman–Crippen LogP) is 4.59. The van der Waals surface area contributed by atoms with Gasteiger partial charge >= 0.3 is 0 Å². The lowest BCUT2D eigenvalue weighted by Crippen LogP contribution is -2.04. The Morgan fingerprint density at radius 1 is 1.29 bits per heavy atom. The molecule has 1 aliphatic carbocycles. The molecule has 0 amide bonds. The molecule has 82 valence electrons. The molecule has 0 atom stereocenters. The van der Waals surface area contributed by atoms with Gasteiger partial charge in [0.25, 0.3) is 0 Å². The highest BCUT2D eigenvalue weighted by molar-refractivity contribution is 7.09. The van der Waals surface area contributed by atoms with E-state index in [1.54, 1.807) is 11.3 Å². The van der Waals surface area contributed by atoms with Gasteiger partial charge in [-0.1, -0.05) is 40.0 Å². The second-order valence-corrected chi connectivity index (χ2v) is 4.61. The fourth-order valence-electron chi connectivity index (χ4n) is 1.08. The molecule has 1 aromatic heterocycles. The zero-order valence-corrected chi connectivity index (χ0v) is 10.9. The van der Waals surface area contributed by atoms with Crippen molar-refractivity contribution in [3.8, 4) is 0 Å². The van der Waals surface area contributed by atoms with Crippen LogP contribution in [0.5, 0.6) is 0 Å². The predicted molar refractivity (Wildman–Crippen MR) is 66.0 cm³/mol. The van der Waals surface area contributed by atoms with E-state index in [-0.39, 0.29) is 0 Å². The molecule has 0 radical (unpaired) electrons. The van der Waals surface area contributed by atoms with Crippen LogP contribution < -0.4 is 0 Å². The van der Waals surface area contributed by atoms with Crippen molar-refractivity contribution in [3.05, 3.63) is 16.1 Å². The molecule has 0 spiro atoms. The lowest BCUT2D eigenvalue weighted by Gasteiger charge is -2.18. The Bertz CT molecular complexity index is 209. The first kappa shape index (κ1) is 13.6. The Morgan fingerprint density at radius 2 is 1.79 bits per heavy atom. The molecule has 0 bridgehead atoms. The number of nitrogens with zero attached hydrogens (tertiary/aromatic N) is 1. The number of hydrogen-bond acceptors (Lipinski definition) is 2. The van der Waals surface area contributed by atoms with E-state index in [2.05, 4.69) is 17.3 Å². The topological polar surface area (TPSA) is 12.9 Å². The van der Waals surface area contributed by atoms with E-state index in [1.807, 2.05) is 27.7 Å². The van der Waals surface area contributed by atoms with Crippen molar-refractivity contribution in [1.29, 1.82) is 0 Å². The van der Waals surface area contributed by atoms with Crippen molar-refractivity contribution in [2.45, 2.75) is 53.9 Å². The van der Waals surface area contributed by atoms with Gasteiger partial charge in [0.2, 0.25) is 0 Å². The van der Waals surface area contributed by atoms with Gasteiger partial charge in [0.15, 0.2) is 0 Å². The van der Waals surface area contributed by atoms with Crippen LogP contribution in [-0.4, -0.2) is 4.98 Å². The SMILES string of the molecule is CC.CC1CCC1.Cc1csc(C)n1. The Balaban J connectivity index is 0.000000213. The first-order valence-electron chi connectivity index (χ1n) is 5.57. The molecule has 2 heteroatoms.